The van der Waals surface area contributed by atoms with Gasteiger partial charge in [-0.2, -0.15) is 0 Å². The van der Waals surface area contributed by atoms with E-state index in [1.807, 2.05) is 45.2 Å². The van der Waals surface area contributed by atoms with Crippen molar-refractivity contribution >= 4 is 17.0 Å². The van der Waals surface area contributed by atoms with Crippen molar-refractivity contribution in [3.05, 3.63) is 36.0 Å². The predicted molar refractivity (Wildman–Crippen MR) is 82.3 cm³/mol. The molecular weight excluding hydrogens is 250 g/mol. The van der Waals surface area contributed by atoms with Crippen LogP contribution in [-0.2, 0) is 10.2 Å². The molecule has 2 aromatic rings. The van der Waals surface area contributed by atoms with Gasteiger partial charge in [-0.1, -0.05) is 39.0 Å². The van der Waals surface area contributed by atoms with Crippen molar-refractivity contribution in [1.29, 1.82) is 0 Å². The number of rotatable bonds is 0. The molecule has 0 aliphatic rings. The molecule has 1 aromatic heterocycles. The van der Waals surface area contributed by atoms with Gasteiger partial charge in [-0.25, -0.2) is 4.79 Å². The van der Waals surface area contributed by atoms with E-state index in [1.54, 1.807) is 4.57 Å². The molecular formula is C17H23NO2. The van der Waals surface area contributed by atoms with Crippen LogP contribution in [0.2, 0.25) is 0 Å². The van der Waals surface area contributed by atoms with Gasteiger partial charge < -0.3 is 4.74 Å². The van der Waals surface area contributed by atoms with Gasteiger partial charge in [-0.15, -0.1) is 0 Å². The van der Waals surface area contributed by atoms with E-state index in [2.05, 4.69) is 26.8 Å². The number of nitrogens with zero attached hydrogens (tertiary/aromatic N) is 1. The number of carbonyl (C=O) groups is 1. The maximum absolute atomic E-state index is 12.4. The average Bonchev–Trinajstić information content (AvgIpc) is 2.65. The largest absolute Gasteiger partial charge is 0.443 e. The molecule has 0 saturated heterocycles. The summed E-state index contributed by atoms with van der Waals surface area (Å²) in [7, 11) is 0. The number of benzene rings is 1. The van der Waals surface area contributed by atoms with Crippen LogP contribution in [0.4, 0.5) is 4.79 Å². The van der Waals surface area contributed by atoms with Gasteiger partial charge in [-0.05, 0) is 37.8 Å². The zero-order valence-electron chi connectivity index (χ0n) is 13.2. The van der Waals surface area contributed by atoms with Gasteiger partial charge in [0, 0.05) is 11.6 Å². The highest BCUT2D eigenvalue weighted by Crippen LogP contribution is 2.32. The van der Waals surface area contributed by atoms with Gasteiger partial charge in [0.25, 0.3) is 0 Å². The zero-order valence-corrected chi connectivity index (χ0v) is 13.2. The molecule has 1 aromatic carbocycles. The third kappa shape index (κ3) is 2.87. The number of hydrogen-bond donors (Lipinski definition) is 0. The Labute approximate surface area is 120 Å². The molecule has 0 unspecified atom stereocenters. The maximum Gasteiger partial charge on any atom is 0.419 e. The first-order valence-electron chi connectivity index (χ1n) is 6.93. The summed E-state index contributed by atoms with van der Waals surface area (Å²) in [6.45, 7) is 12.1. The molecule has 108 valence electrons. The van der Waals surface area contributed by atoms with Crippen molar-refractivity contribution in [2.75, 3.05) is 0 Å². The van der Waals surface area contributed by atoms with Crippen LogP contribution in [0.3, 0.4) is 0 Å². The first-order chi connectivity index (χ1) is 9.09. The summed E-state index contributed by atoms with van der Waals surface area (Å²) >= 11 is 0. The Morgan fingerprint density at radius 3 is 2.20 bits per heavy atom. The molecule has 0 atom stereocenters. The zero-order chi connectivity index (χ0) is 15.1. The fraction of sp³-hybridized carbons (Fsp3) is 0.471. The third-order valence-electron chi connectivity index (χ3n) is 3.11. The Kier molecular flexibility index (Phi) is 3.41. The van der Waals surface area contributed by atoms with Crippen LogP contribution in [0.5, 0.6) is 0 Å². The minimum atomic E-state index is -0.496. The molecule has 0 spiro atoms. The van der Waals surface area contributed by atoms with Crippen LogP contribution >= 0.6 is 0 Å². The molecule has 0 bridgehead atoms. The van der Waals surface area contributed by atoms with E-state index in [1.165, 1.54) is 0 Å². The fourth-order valence-electron chi connectivity index (χ4n) is 2.24. The molecule has 20 heavy (non-hydrogen) atoms. The lowest BCUT2D eigenvalue weighted by atomic mass is 9.87. The molecule has 1 heterocycles. The van der Waals surface area contributed by atoms with Crippen LogP contribution in [0.25, 0.3) is 10.9 Å². The quantitative estimate of drug-likeness (QED) is 0.695. The lowest BCUT2D eigenvalue weighted by molar-refractivity contribution is 0.0544. The highest BCUT2D eigenvalue weighted by Gasteiger charge is 2.24. The number of ether oxygens (including phenoxy) is 1. The Balaban J connectivity index is 2.58. The van der Waals surface area contributed by atoms with Crippen LogP contribution in [0.15, 0.2) is 30.5 Å². The van der Waals surface area contributed by atoms with Gasteiger partial charge in [0.15, 0.2) is 0 Å². The standard InChI is InChI=1S/C17H23NO2/c1-16(2,3)13-11-18(15(19)20-17(4,5)6)14-10-8-7-9-12(13)14/h7-11H,1-6H3. The van der Waals surface area contributed by atoms with Gasteiger partial charge in [-0.3, -0.25) is 4.57 Å². The van der Waals surface area contributed by atoms with E-state index < -0.39 is 5.60 Å². The predicted octanol–water partition coefficient (Wildman–Crippen LogP) is 4.72. The first-order valence-corrected chi connectivity index (χ1v) is 6.93. The molecule has 0 aliphatic carbocycles. The molecule has 2 rings (SSSR count). The molecule has 0 fully saturated rings. The molecule has 0 radical (unpaired) electrons. The Hall–Kier alpha value is -1.77. The normalized spacial score (nSPS) is 12.7. The number of carbonyl (C=O) groups excluding carboxylic acids is 1. The Morgan fingerprint density at radius 2 is 1.65 bits per heavy atom. The molecule has 0 N–H and O–H groups in total. The van der Waals surface area contributed by atoms with Crippen molar-refractivity contribution in [2.24, 2.45) is 0 Å². The molecule has 0 saturated carbocycles. The summed E-state index contributed by atoms with van der Waals surface area (Å²) in [5, 5.41) is 1.10. The number of para-hydroxylation sites is 1. The van der Waals surface area contributed by atoms with E-state index in [9.17, 15) is 4.79 Å². The van der Waals surface area contributed by atoms with E-state index in [0.29, 0.717) is 0 Å². The highest BCUT2D eigenvalue weighted by atomic mass is 16.6. The SMILES string of the molecule is CC(C)(C)OC(=O)n1cc(C(C)(C)C)c2ccccc21. The van der Waals surface area contributed by atoms with Crippen molar-refractivity contribution in [3.8, 4) is 0 Å². The number of fused-ring (bicyclic) bond motifs is 1. The van der Waals surface area contributed by atoms with E-state index in [4.69, 9.17) is 4.74 Å². The molecule has 0 aliphatic heterocycles. The summed E-state index contributed by atoms with van der Waals surface area (Å²) in [5.41, 5.74) is 1.53. The monoisotopic (exact) mass is 273 g/mol. The van der Waals surface area contributed by atoms with Crippen molar-refractivity contribution < 1.29 is 9.53 Å². The average molecular weight is 273 g/mol. The first kappa shape index (κ1) is 14.6. The van der Waals surface area contributed by atoms with Crippen molar-refractivity contribution in [1.82, 2.24) is 4.57 Å². The van der Waals surface area contributed by atoms with Crippen LogP contribution in [-0.4, -0.2) is 16.3 Å². The Morgan fingerprint density at radius 1 is 1.05 bits per heavy atom. The van der Waals surface area contributed by atoms with Crippen LogP contribution in [0.1, 0.15) is 47.1 Å². The minimum Gasteiger partial charge on any atom is -0.443 e. The summed E-state index contributed by atoms with van der Waals surface area (Å²) in [6, 6.07) is 7.94. The van der Waals surface area contributed by atoms with Gasteiger partial charge >= 0.3 is 6.09 Å². The van der Waals surface area contributed by atoms with Crippen LogP contribution < -0.4 is 0 Å². The minimum absolute atomic E-state index is 0.0210. The summed E-state index contributed by atoms with van der Waals surface area (Å²) in [4.78, 5) is 12.4. The smallest absolute Gasteiger partial charge is 0.419 e. The second-order valence-electron chi connectivity index (χ2n) is 7.16. The van der Waals surface area contributed by atoms with Crippen LogP contribution in [0, 0.1) is 0 Å². The van der Waals surface area contributed by atoms with Gasteiger partial charge in [0.05, 0.1) is 5.52 Å². The van der Waals surface area contributed by atoms with E-state index in [-0.39, 0.29) is 11.5 Å². The number of aromatic nitrogens is 1. The molecule has 0 amide bonds. The van der Waals surface area contributed by atoms with Crippen molar-refractivity contribution in [2.45, 2.75) is 52.6 Å². The Bertz CT molecular complexity index is 639. The third-order valence-corrected chi connectivity index (χ3v) is 3.11. The van der Waals surface area contributed by atoms with E-state index >= 15 is 0 Å². The number of hydrogen-bond acceptors (Lipinski definition) is 2. The second-order valence-corrected chi connectivity index (χ2v) is 7.16. The summed E-state index contributed by atoms with van der Waals surface area (Å²) in [5.74, 6) is 0. The highest BCUT2D eigenvalue weighted by molar-refractivity contribution is 5.92. The lowest BCUT2D eigenvalue weighted by Gasteiger charge is -2.20. The summed E-state index contributed by atoms with van der Waals surface area (Å²) in [6.07, 6.45) is 1.57. The van der Waals surface area contributed by atoms with Gasteiger partial charge in [0.2, 0.25) is 0 Å². The maximum atomic E-state index is 12.4. The summed E-state index contributed by atoms with van der Waals surface area (Å²) < 4.78 is 7.09. The lowest BCUT2D eigenvalue weighted by Crippen LogP contribution is -2.26. The topological polar surface area (TPSA) is 31.2 Å². The molecule has 3 heteroatoms. The van der Waals surface area contributed by atoms with Gasteiger partial charge in [0.1, 0.15) is 5.60 Å². The van der Waals surface area contributed by atoms with E-state index in [0.717, 1.165) is 16.5 Å². The fourth-order valence-corrected chi connectivity index (χ4v) is 2.24. The molecule has 3 nitrogen and oxygen atoms in total. The van der Waals surface area contributed by atoms with Crippen molar-refractivity contribution in [3.63, 3.8) is 0 Å². The second kappa shape index (κ2) is 4.65.